The van der Waals surface area contributed by atoms with Gasteiger partial charge in [0.25, 0.3) is 0 Å². The minimum Gasteiger partial charge on any atom is -0.481 e. The van der Waals surface area contributed by atoms with E-state index >= 15 is 0 Å². The van der Waals surface area contributed by atoms with E-state index in [2.05, 4.69) is 10.6 Å². The van der Waals surface area contributed by atoms with Crippen molar-refractivity contribution >= 4 is 17.7 Å². The van der Waals surface area contributed by atoms with Gasteiger partial charge in [-0.05, 0) is 25.0 Å². The lowest BCUT2D eigenvalue weighted by atomic mass is 10.1. The van der Waals surface area contributed by atoms with Crippen LogP contribution in [0.3, 0.4) is 0 Å². The van der Waals surface area contributed by atoms with Gasteiger partial charge < -0.3 is 15.7 Å². The van der Waals surface area contributed by atoms with Crippen LogP contribution in [-0.2, 0) is 11.0 Å². The van der Waals surface area contributed by atoms with Crippen molar-refractivity contribution in [2.75, 3.05) is 11.9 Å². The molecule has 0 heterocycles. The maximum absolute atomic E-state index is 12.7. The number of aliphatic carboxylic acids is 1. The molecule has 1 aromatic rings. The number of urea groups is 1. The van der Waals surface area contributed by atoms with Crippen LogP contribution in [0.15, 0.2) is 24.3 Å². The largest absolute Gasteiger partial charge is 0.481 e. The van der Waals surface area contributed by atoms with Crippen molar-refractivity contribution in [3.05, 3.63) is 29.8 Å². The first-order chi connectivity index (χ1) is 9.74. The average Bonchev–Trinajstić information content (AvgIpc) is 3.17. The second-order valence-electron chi connectivity index (χ2n) is 4.94. The van der Waals surface area contributed by atoms with E-state index in [1.54, 1.807) is 0 Å². The summed E-state index contributed by atoms with van der Waals surface area (Å²) in [6.45, 7) is -0.109. The summed E-state index contributed by atoms with van der Waals surface area (Å²) in [6.07, 6.45) is -3.69. The van der Waals surface area contributed by atoms with Crippen molar-refractivity contribution in [2.24, 2.45) is 5.41 Å². The minimum atomic E-state index is -4.58. The molecule has 0 atom stereocenters. The zero-order chi connectivity index (χ0) is 15.7. The van der Waals surface area contributed by atoms with E-state index < -0.39 is 29.2 Å². The predicted molar refractivity (Wildman–Crippen MR) is 67.8 cm³/mol. The van der Waals surface area contributed by atoms with Crippen LogP contribution in [0.1, 0.15) is 18.4 Å². The van der Waals surface area contributed by atoms with E-state index in [0.29, 0.717) is 12.8 Å². The third kappa shape index (κ3) is 3.45. The standard InChI is InChI=1S/C13H13F3N2O3/c14-13(15,16)8-3-1-2-4-9(8)18-11(21)17-7-12(5-6-12)10(19)20/h1-4H,5-7H2,(H,19,20)(H2,17,18,21). The number of hydrogen-bond acceptors (Lipinski definition) is 2. The molecule has 1 aliphatic rings. The molecule has 0 unspecified atom stereocenters. The molecule has 114 valence electrons. The number of rotatable bonds is 4. The Morgan fingerprint density at radius 3 is 2.38 bits per heavy atom. The quantitative estimate of drug-likeness (QED) is 0.800. The second-order valence-corrected chi connectivity index (χ2v) is 4.94. The van der Waals surface area contributed by atoms with Gasteiger partial charge in [0, 0.05) is 6.54 Å². The Kier molecular flexibility index (Phi) is 3.80. The van der Waals surface area contributed by atoms with Gasteiger partial charge in [0.15, 0.2) is 0 Å². The third-order valence-electron chi connectivity index (χ3n) is 3.38. The highest BCUT2D eigenvalue weighted by atomic mass is 19.4. The lowest BCUT2D eigenvalue weighted by molar-refractivity contribution is -0.143. The van der Waals surface area contributed by atoms with Crippen LogP contribution in [0.2, 0.25) is 0 Å². The summed E-state index contributed by atoms with van der Waals surface area (Å²) >= 11 is 0. The zero-order valence-electron chi connectivity index (χ0n) is 10.8. The molecule has 0 bridgehead atoms. The van der Waals surface area contributed by atoms with Crippen LogP contribution >= 0.6 is 0 Å². The molecule has 0 saturated heterocycles. The van der Waals surface area contributed by atoms with Crippen LogP contribution in [0, 0.1) is 5.41 Å². The number of alkyl halides is 3. The highest BCUT2D eigenvalue weighted by Crippen LogP contribution is 2.45. The molecule has 2 amide bonds. The van der Waals surface area contributed by atoms with Crippen molar-refractivity contribution in [2.45, 2.75) is 19.0 Å². The number of carboxylic acids is 1. The molecule has 1 fully saturated rings. The summed E-state index contributed by atoms with van der Waals surface area (Å²) < 4.78 is 38.2. The van der Waals surface area contributed by atoms with Gasteiger partial charge in [-0.3, -0.25) is 4.79 Å². The normalized spacial score (nSPS) is 16.1. The topological polar surface area (TPSA) is 78.4 Å². The van der Waals surface area contributed by atoms with E-state index in [1.807, 2.05) is 0 Å². The van der Waals surface area contributed by atoms with Gasteiger partial charge in [-0.25, -0.2) is 4.79 Å². The SMILES string of the molecule is O=C(NCC1(C(=O)O)CC1)Nc1ccccc1C(F)(F)F. The molecule has 21 heavy (non-hydrogen) atoms. The molecule has 2 rings (SSSR count). The number of benzene rings is 1. The number of para-hydroxylation sites is 1. The van der Waals surface area contributed by atoms with Crippen molar-refractivity contribution in [3.63, 3.8) is 0 Å². The van der Waals surface area contributed by atoms with Gasteiger partial charge in [0.1, 0.15) is 0 Å². The Morgan fingerprint density at radius 2 is 1.86 bits per heavy atom. The van der Waals surface area contributed by atoms with Crippen LogP contribution in [0.5, 0.6) is 0 Å². The van der Waals surface area contributed by atoms with Gasteiger partial charge >= 0.3 is 18.2 Å². The minimum absolute atomic E-state index is 0.109. The molecule has 0 aliphatic heterocycles. The Morgan fingerprint density at radius 1 is 1.24 bits per heavy atom. The van der Waals surface area contributed by atoms with Gasteiger partial charge in [0.2, 0.25) is 0 Å². The summed E-state index contributed by atoms with van der Waals surface area (Å²) in [7, 11) is 0. The second kappa shape index (κ2) is 5.27. The molecule has 1 saturated carbocycles. The smallest absolute Gasteiger partial charge is 0.418 e. The van der Waals surface area contributed by atoms with E-state index in [4.69, 9.17) is 5.11 Å². The fraction of sp³-hybridized carbons (Fsp3) is 0.385. The van der Waals surface area contributed by atoms with Crippen molar-refractivity contribution in [1.82, 2.24) is 5.32 Å². The number of nitrogens with one attached hydrogen (secondary N) is 2. The number of halogens is 3. The first-order valence-corrected chi connectivity index (χ1v) is 6.19. The van der Waals surface area contributed by atoms with Gasteiger partial charge in [0.05, 0.1) is 16.7 Å². The van der Waals surface area contributed by atoms with E-state index in [0.717, 1.165) is 12.1 Å². The van der Waals surface area contributed by atoms with Gasteiger partial charge in [-0.15, -0.1) is 0 Å². The Bertz CT molecular complexity index is 568. The molecule has 1 aromatic carbocycles. The Labute approximate surface area is 118 Å². The monoisotopic (exact) mass is 302 g/mol. The van der Waals surface area contributed by atoms with Crippen LogP contribution in [0.4, 0.5) is 23.7 Å². The van der Waals surface area contributed by atoms with Crippen LogP contribution < -0.4 is 10.6 Å². The van der Waals surface area contributed by atoms with Crippen molar-refractivity contribution in [3.8, 4) is 0 Å². The lowest BCUT2D eigenvalue weighted by Crippen LogP contribution is -2.37. The van der Waals surface area contributed by atoms with Crippen LogP contribution in [-0.4, -0.2) is 23.7 Å². The number of anilines is 1. The predicted octanol–water partition coefficient (Wildman–Crippen LogP) is 2.69. The average molecular weight is 302 g/mol. The summed E-state index contributed by atoms with van der Waals surface area (Å²) in [6, 6.07) is 3.71. The van der Waals surface area contributed by atoms with E-state index in [-0.39, 0.29) is 12.2 Å². The molecule has 0 radical (unpaired) electrons. The summed E-state index contributed by atoms with van der Waals surface area (Å²) in [5, 5.41) is 13.3. The van der Waals surface area contributed by atoms with Gasteiger partial charge in [-0.2, -0.15) is 13.2 Å². The molecule has 0 spiro atoms. The summed E-state index contributed by atoms with van der Waals surface area (Å²) in [5.41, 5.74) is -2.30. The number of hydrogen-bond donors (Lipinski definition) is 3. The fourth-order valence-electron chi connectivity index (χ4n) is 1.87. The summed E-state index contributed by atoms with van der Waals surface area (Å²) in [5.74, 6) is -1.02. The number of amides is 2. The fourth-order valence-corrected chi connectivity index (χ4v) is 1.87. The number of carbonyl (C=O) groups excluding carboxylic acids is 1. The molecule has 3 N–H and O–H groups in total. The molecular formula is C13H13F3N2O3. The molecule has 5 nitrogen and oxygen atoms in total. The molecule has 0 aromatic heterocycles. The van der Waals surface area contributed by atoms with E-state index in [1.165, 1.54) is 12.1 Å². The van der Waals surface area contributed by atoms with Crippen molar-refractivity contribution < 1.29 is 27.9 Å². The lowest BCUT2D eigenvalue weighted by Gasteiger charge is -2.15. The highest BCUT2D eigenvalue weighted by Gasteiger charge is 2.50. The maximum Gasteiger partial charge on any atom is 0.418 e. The zero-order valence-corrected chi connectivity index (χ0v) is 10.8. The Balaban J connectivity index is 1.99. The number of carboxylic acid groups (broad SMARTS) is 1. The third-order valence-corrected chi connectivity index (χ3v) is 3.38. The first-order valence-electron chi connectivity index (χ1n) is 6.19. The number of carbonyl (C=O) groups is 2. The first kappa shape index (κ1) is 15.1. The summed E-state index contributed by atoms with van der Waals surface area (Å²) in [4.78, 5) is 22.5. The van der Waals surface area contributed by atoms with Gasteiger partial charge in [-0.1, -0.05) is 12.1 Å². The molecule has 1 aliphatic carbocycles. The van der Waals surface area contributed by atoms with Crippen molar-refractivity contribution in [1.29, 1.82) is 0 Å². The highest BCUT2D eigenvalue weighted by molar-refractivity contribution is 5.91. The Hall–Kier alpha value is -2.25. The molecule has 8 heteroatoms. The molecular weight excluding hydrogens is 289 g/mol. The van der Waals surface area contributed by atoms with E-state index in [9.17, 15) is 22.8 Å². The van der Waals surface area contributed by atoms with Crippen LogP contribution in [0.25, 0.3) is 0 Å². The maximum atomic E-state index is 12.7.